The molecule has 5 heteroatoms. The summed E-state index contributed by atoms with van der Waals surface area (Å²) in [6.07, 6.45) is 3.02. The Morgan fingerprint density at radius 3 is 2.80 bits per heavy atom. The molecule has 0 atom stereocenters. The van der Waals surface area contributed by atoms with Crippen LogP contribution in [0.15, 0.2) is 24.3 Å². The average Bonchev–Trinajstić information content (AvgIpc) is 2.49. The molecule has 112 valence electrons. The molecule has 1 rings (SSSR count). The maximum absolute atomic E-state index is 11.6. The molecule has 0 radical (unpaired) electrons. The van der Waals surface area contributed by atoms with Gasteiger partial charge in [0.1, 0.15) is 5.75 Å². The zero-order valence-corrected chi connectivity index (χ0v) is 12.1. The molecule has 0 fully saturated rings. The molecule has 0 aliphatic rings. The van der Waals surface area contributed by atoms with E-state index in [0.717, 1.165) is 31.4 Å². The van der Waals surface area contributed by atoms with Crippen LogP contribution in [0.4, 0.5) is 0 Å². The summed E-state index contributed by atoms with van der Waals surface area (Å²) in [5, 5.41) is 2.83. The molecular weight excluding hydrogens is 256 g/mol. The van der Waals surface area contributed by atoms with Gasteiger partial charge in [-0.15, -0.1) is 0 Å². The highest BCUT2D eigenvalue weighted by Crippen LogP contribution is 2.16. The van der Waals surface area contributed by atoms with Gasteiger partial charge in [0.05, 0.1) is 0 Å². The third-order valence-electron chi connectivity index (χ3n) is 2.90. The number of amides is 1. The van der Waals surface area contributed by atoms with E-state index in [0.29, 0.717) is 18.8 Å². The van der Waals surface area contributed by atoms with Crippen molar-refractivity contribution < 1.29 is 14.3 Å². The molecule has 0 bridgehead atoms. The van der Waals surface area contributed by atoms with Crippen LogP contribution in [-0.2, 0) is 16.1 Å². The summed E-state index contributed by atoms with van der Waals surface area (Å²) in [5.74, 6) is 0.564. The molecule has 1 aromatic carbocycles. The Morgan fingerprint density at radius 1 is 1.25 bits per heavy atom. The Balaban J connectivity index is 2.16. The second-order valence-electron chi connectivity index (χ2n) is 4.50. The predicted octanol–water partition coefficient (Wildman–Crippen LogP) is 1.46. The number of carbonyl (C=O) groups excluding carboxylic acids is 1. The first-order valence-corrected chi connectivity index (χ1v) is 6.94. The van der Waals surface area contributed by atoms with Gasteiger partial charge in [0.2, 0.25) is 0 Å². The summed E-state index contributed by atoms with van der Waals surface area (Å²) in [4.78, 5) is 11.6. The van der Waals surface area contributed by atoms with Crippen molar-refractivity contribution in [3.63, 3.8) is 0 Å². The monoisotopic (exact) mass is 280 g/mol. The Labute approximate surface area is 120 Å². The van der Waals surface area contributed by atoms with Gasteiger partial charge >= 0.3 is 0 Å². The normalized spacial score (nSPS) is 10.3. The molecule has 20 heavy (non-hydrogen) atoms. The lowest BCUT2D eigenvalue weighted by atomic mass is 10.2. The second-order valence-corrected chi connectivity index (χ2v) is 4.50. The van der Waals surface area contributed by atoms with Crippen LogP contribution >= 0.6 is 0 Å². The Bertz CT molecular complexity index is 396. The first-order valence-electron chi connectivity index (χ1n) is 6.94. The van der Waals surface area contributed by atoms with Crippen LogP contribution in [0, 0.1) is 0 Å². The van der Waals surface area contributed by atoms with Crippen LogP contribution in [0.3, 0.4) is 0 Å². The minimum atomic E-state index is -0.108. The number of benzene rings is 1. The van der Waals surface area contributed by atoms with E-state index in [1.807, 2.05) is 24.3 Å². The van der Waals surface area contributed by atoms with Gasteiger partial charge in [0, 0.05) is 32.4 Å². The summed E-state index contributed by atoms with van der Waals surface area (Å²) in [7, 11) is 1.69. The number of nitrogens with one attached hydrogen (secondary N) is 1. The second kappa shape index (κ2) is 10.2. The van der Waals surface area contributed by atoms with Crippen molar-refractivity contribution in [1.29, 1.82) is 0 Å². The third kappa shape index (κ3) is 6.54. The van der Waals surface area contributed by atoms with Crippen molar-refractivity contribution in [3.8, 4) is 5.75 Å². The van der Waals surface area contributed by atoms with E-state index >= 15 is 0 Å². The number of ether oxygens (including phenoxy) is 2. The van der Waals surface area contributed by atoms with Crippen molar-refractivity contribution in [2.45, 2.75) is 25.8 Å². The quantitative estimate of drug-likeness (QED) is 0.636. The van der Waals surface area contributed by atoms with E-state index in [1.165, 1.54) is 0 Å². The van der Waals surface area contributed by atoms with Crippen molar-refractivity contribution in [1.82, 2.24) is 5.32 Å². The summed E-state index contributed by atoms with van der Waals surface area (Å²) in [6.45, 7) is 1.86. The van der Waals surface area contributed by atoms with Crippen molar-refractivity contribution in [3.05, 3.63) is 29.8 Å². The van der Waals surface area contributed by atoms with Gasteiger partial charge in [0.15, 0.2) is 6.61 Å². The van der Waals surface area contributed by atoms with E-state index in [4.69, 9.17) is 15.2 Å². The highest BCUT2D eigenvalue weighted by Gasteiger charge is 2.05. The molecule has 0 aliphatic carbocycles. The third-order valence-corrected chi connectivity index (χ3v) is 2.90. The summed E-state index contributed by atoms with van der Waals surface area (Å²) >= 11 is 0. The molecule has 0 heterocycles. The lowest BCUT2D eigenvalue weighted by Gasteiger charge is -2.10. The van der Waals surface area contributed by atoms with Crippen molar-refractivity contribution in [2.75, 3.05) is 26.9 Å². The molecular formula is C15H24N2O3. The zero-order valence-electron chi connectivity index (χ0n) is 12.1. The fourth-order valence-electron chi connectivity index (χ4n) is 1.78. The molecule has 1 amide bonds. The van der Waals surface area contributed by atoms with Crippen LogP contribution in [0.1, 0.15) is 24.8 Å². The highest BCUT2D eigenvalue weighted by atomic mass is 16.5. The van der Waals surface area contributed by atoms with Gasteiger partial charge in [-0.05, 0) is 25.3 Å². The smallest absolute Gasteiger partial charge is 0.257 e. The van der Waals surface area contributed by atoms with Crippen LogP contribution in [0.25, 0.3) is 0 Å². The number of unbranched alkanes of at least 4 members (excludes halogenated alkanes) is 2. The lowest BCUT2D eigenvalue weighted by molar-refractivity contribution is -0.123. The first kappa shape index (κ1) is 16.5. The minimum Gasteiger partial charge on any atom is -0.483 e. The van der Waals surface area contributed by atoms with Crippen LogP contribution in [0.5, 0.6) is 5.75 Å². The van der Waals surface area contributed by atoms with E-state index in [1.54, 1.807) is 7.11 Å². The first-order chi connectivity index (χ1) is 9.77. The van der Waals surface area contributed by atoms with E-state index in [9.17, 15) is 4.79 Å². The summed E-state index contributed by atoms with van der Waals surface area (Å²) < 4.78 is 10.4. The molecule has 0 aromatic heterocycles. The predicted molar refractivity (Wildman–Crippen MR) is 78.6 cm³/mol. The molecule has 0 unspecified atom stereocenters. The number of para-hydroxylation sites is 1. The van der Waals surface area contributed by atoms with E-state index < -0.39 is 0 Å². The molecule has 5 nitrogen and oxygen atoms in total. The van der Waals surface area contributed by atoms with Gasteiger partial charge in [-0.3, -0.25) is 4.79 Å². The zero-order chi connectivity index (χ0) is 14.6. The number of carbonyl (C=O) groups is 1. The van der Waals surface area contributed by atoms with E-state index in [2.05, 4.69) is 5.32 Å². The maximum Gasteiger partial charge on any atom is 0.257 e. The van der Waals surface area contributed by atoms with Gasteiger partial charge in [-0.25, -0.2) is 0 Å². The molecule has 0 saturated carbocycles. The van der Waals surface area contributed by atoms with Crippen molar-refractivity contribution >= 4 is 5.91 Å². The highest BCUT2D eigenvalue weighted by molar-refractivity contribution is 5.77. The standard InChI is InChI=1S/C15H24N2O3/c1-19-10-6-2-5-9-17-15(18)12-20-14-8-4-3-7-13(14)11-16/h3-4,7-8H,2,5-6,9-12,16H2,1H3,(H,17,18). The molecule has 0 aliphatic heterocycles. The molecule has 3 N–H and O–H groups in total. The van der Waals surface area contributed by atoms with E-state index in [-0.39, 0.29) is 12.5 Å². The van der Waals surface area contributed by atoms with Crippen LogP contribution in [0.2, 0.25) is 0 Å². The SMILES string of the molecule is COCCCCCNC(=O)COc1ccccc1CN. The van der Waals surface area contributed by atoms with Crippen molar-refractivity contribution in [2.24, 2.45) is 5.73 Å². The summed E-state index contributed by atoms with van der Waals surface area (Å²) in [6, 6.07) is 7.47. The Morgan fingerprint density at radius 2 is 2.05 bits per heavy atom. The van der Waals surface area contributed by atoms with Gasteiger partial charge in [-0.1, -0.05) is 18.2 Å². The fraction of sp³-hybridized carbons (Fsp3) is 0.533. The van der Waals surface area contributed by atoms with Gasteiger partial charge in [-0.2, -0.15) is 0 Å². The molecule has 0 saturated heterocycles. The average molecular weight is 280 g/mol. The number of nitrogens with two attached hydrogens (primary N) is 1. The van der Waals surface area contributed by atoms with Crippen LogP contribution < -0.4 is 15.8 Å². The molecule has 0 spiro atoms. The number of hydrogen-bond acceptors (Lipinski definition) is 4. The number of hydrogen-bond donors (Lipinski definition) is 2. The largest absolute Gasteiger partial charge is 0.483 e. The summed E-state index contributed by atoms with van der Waals surface area (Å²) in [5.41, 5.74) is 6.51. The van der Waals surface area contributed by atoms with Gasteiger partial charge in [0.25, 0.3) is 5.91 Å². The minimum absolute atomic E-state index is 0.0229. The topological polar surface area (TPSA) is 73.6 Å². The Hall–Kier alpha value is -1.59. The Kier molecular flexibility index (Phi) is 8.42. The lowest BCUT2D eigenvalue weighted by Crippen LogP contribution is -2.29. The van der Waals surface area contributed by atoms with Gasteiger partial charge < -0.3 is 20.5 Å². The fourth-order valence-corrected chi connectivity index (χ4v) is 1.78. The van der Waals surface area contributed by atoms with Crippen LogP contribution in [-0.4, -0.2) is 32.8 Å². The number of methoxy groups -OCH3 is 1. The maximum atomic E-state index is 11.6. The molecule has 1 aromatic rings. The number of rotatable bonds is 10.